The molecule has 0 spiro atoms. The lowest BCUT2D eigenvalue weighted by Crippen LogP contribution is -2.06. The highest BCUT2D eigenvalue weighted by molar-refractivity contribution is 5.85. The third-order valence-corrected chi connectivity index (χ3v) is 3.15. The van der Waals surface area contributed by atoms with E-state index >= 15 is 0 Å². The van der Waals surface area contributed by atoms with Crippen molar-refractivity contribution < 1.29 is 4.39 Å². The summed E-state index contributed by atoms with van der Waals surface area (Å²) in [6.07, 6.45) is 1.99. The molecule has 2 rings (SSSR count). The number of hydrogen-bond acceptors (Lipinski definition) is 3. The summed E-state index contributed by atoms with van der Waals surface area (Å²) in [4.78, 5) is 0. The van der Waals surface area contributed by atoms with Crippen molar-refractivity contribution in [2.75, 3.05) is 5.32 Å². The fraction of sp³-hybridized carbons (Fsp3) is 0.538. The average molecular weight is 302 g/mol. The molecule has 5 nitrogen and oxygen atoms in total. The molecule has 0 fully saturated rings. The van der Waals surface area contributed by atoms with Crippen molar-refractivity contribution in [3.05, 3.63) is 29.0 Å². The fourth-order valence-electron chi connectivity index (χ4n) is 1.97. The van der Waals surface area contributed by atoms with Crippen LogP contribution in [0.15, 0.2) is 6.20 Å². The van der Waals surface area contributed by atoms with Crippen LogP contribution in [0.4, 0.5) is 10.2 Å². The first-order valence-corrected chi connectivity index (χ1v) is 6.37. The summed E-state index contributed by atoms with van der Waals surface area (Å²) in [6, 6.07) is 0.311. The molecular weight excluding hydrogens is 281 g/mol. The van der Waals surface area contributed by atoms with Gasteiger partial charge in [-0.05, 0) is 27.7 Å². The molecule has 20 heavy (non-hydrogen) atoms. The number of rotatable bonds is 4. The topological polar surface area (TPSA) is 47.7 Å². The highest BCUT2D eigenvalue weighted by Crippen LogP contribution is 2.18. The zero-order chi connectivity index (χ0) is 14.2. The third kappa shape index (κ3) is 3.12. The van der Waals surface area contributed by atoms with Gasteiger partial charge in [0.15, 0.2) is 5.82 Å². The van der Waals surface area contributed by atoms with Gasteiger partial charge in [0.1, 0.15) is 0 Å². The summed E-state index contributed by atoms with van der Waals surface area (Å²) in [7, 11) is 1.60. The van der Waals surface area contributed by atoms with E-state index < -0.39 is 0 Å². The quantitative estimate of drug-likeness (QED) is 0.944. The van der Waals surface area contributed by atoms with E-state index in [-0.39, 0.29) is 18.4 Å². The maximum absolute atomic E-state index is 13.8. The van der Waals surface area contributed by atoms with Crippen molar-refractivity contribution in [2.45, 2.75) is 40.3 Å². The molecule has 0 aliphatic carbocycles. The van der Waals surface area contributed by atoms with Gasteiger partial charge in [-0.25, -0.2) is 4.68 Å². The summed E-state index contributed by atoms with van der Waals surface area (Å²) in [5.41, 5.74) is 2.34. The molecule has 7 heteroatoms. The van der Waals surface area contributed by atoms with E-state index in [0.717, 1.165) is 11.4 Å². The molecule has 0 aliphatic heterocycles. The number of hydrogen-bond donors (Lipinski definition) is 1. The predicted molar refractivity (Wildman–Crippen MR) is 79.8 cm³/mol. The number of nitrogens with one attached hydrogen (secondary N) is 1. The minimum absolute atomic E-state index is 0. The number of anilines is 1. The van der Waals surface area contributed by atoms with E-state index in [0.29, 0.717) is 23.8 Å². The molecule has 0 aliphatic rings. The second kappa shape index (κ2) is 6.26. The van der Waals surface area contributed by atoms with Crippen molar-refractivity contribution in [2.24, 2.45) is 7.05 Å². The van der Waals surface area contributed by atoms with Crippen LogP contribution in [0.1, 0.15) is 36.7 Å². The molecule has 0 amide bonds. The minimum atomic E-state index is -0.300. The monoisotopic (exact) mass is 301 g/mol. The maximum atomic E-state index is 13.8. The molecule has 0 saturated heterocycles. The summed E-state index contributed by atoms with van der Waals surface area (Å²) in [5, 5.41) is 11.7. The summed E-state index contributed by atoms with van der Waals surface area (Å²) in [6.45, 7) is 8.32. The molecule has 2 aromatic heterocycles. The van der Waals surface area contributed by atoms with E-state index in [1.807, 2.05) is 17.8 Å². The second-order valence-corrected chi connectivity index (χ2v) is 5.07. The lowest BCUT2D eigenvalue weighted by molar-refractivity contribution is 0.496. The van der Waals surface area contributed by atoms with Crippen molar-refractivity contribution in [3.8, 4) is 0 Å². The van der Waals surface area contributed by atoms with Crippen molar-refractivity contribution >= 4 is 18.2 Å². The Morgan fingerprint density at radius 2 is 1.95 bits per heavy atom. The first-order chi connectivity index (χ1) is 8.90. The van der Waals surface area contributed by atoms with Gasteiger partial charge in [-0.1, -0.05) is 0 Å². The normalized spacial score (nSPS) is 10.8. The van der Waals surface area contributed by atoms with Crippen LogP contribution in [0, 0.1) is 19.8 Å². The Labute approximate surface area is 124 Å². The lowest BCUT2D eigenvalue weighted by atomic mass is 10.2. The van der Waals surface area contributed by atoms with Gasteiger partial charge >= 0.3 is 0 Å². The Bertz CT molecular complexity index is 588. The molecule has 0 bridgehead atoms. The van der Waals surface area contributed by atoms with Crippen LogP contribution in [-0.2, 0) is 13.6 Å². The standard InChI is InChI=1S/C13H20FN5.ClH/c1-8(2)19-7-9(3)13(17-19)15-6-11-10(4)16-18(5)12(11)14;/h7-8H,6H2,1-5H3,(H,15,17);1H. The minimum Gasteiger partial charge on any atom is -0.364 e. The van der Waals surface area contributed by atoms with Crippen LogP contribution in [0.5, 0.6) is 0 Å². The molecule has 2 aromatic rings. The maximum Gasteiger partial charge on any atom is 0.216 e. The van der Waals surface area contributed by atoms with Crippen LogP contribution < -0.4 is 5.32 Å². The van der Waals surface area contributed by atoms with Crippen LogP contribution in [-0.4, -0.2) is 19.6 Å². The molecule has 0 atom stereocenters. The Morgan fingerprint density at radius 3 is 2.40 bits per heavy atom. The molecule has 0 unspecified atom stereocenters. The van der Waals surface area contributed by atoms with E-state index in [2.05, 4.69) is 29.4 Å². The molecule has 0 saturated carbocycles. The highest BCUT2D eigenvalue weighted by Gasteiger charge is 2.14. The number of aryl methyl sites for hydroxylation is 3. The van der Waals surface area contributed by atoms with Crippen LogP contribution in [0.3, 0.4) is 0 Å². The van der Waals surface area contributed by atoms with Gasteiger partial charge in [-0.3, -0.25) is 4.68 Å². The van der Waals surface area contributed by atoms with Crippen molar-refractivity contribution in [1.29, 1.82) is 0 Å². The Hall–Kier alpha value is -1.56. The van der Waals surface area contributed by atoms with Gasteiger partial charge in [-0.2, -0.15) is 14.6 Å². The second-order valence-electron chi connectivity index (χ2n) is 5.07. The zero-order valence-corrected chi connectivity index (χ0v) is 13.3. The fourth-order valence-corrected chi connectivity index (χ4v) is 1.97. The van der Waals surface area contributed by atoms with Gasteiger partial charge in [0.25, 0.3) is 0 Å². The van der Waals surface area contributed by atoms with Crippen LogP contribution in [0.25, 0.3) is 0 Å². The Morgan fingerprint density at radius 1 is 1.30 bits per heavy atom. The molecule has 0 radical (unpaired) electrons. The summed E-state index contributed by atoms with van der Waals surface area (Å²) in [5.74, 6) is 0.488. The summed E-state index contributed by atoms with van der Waals surface area (Å²) >= 11 is 0. The van der Waals surface area contributed by atoms with Gasteiger partial charge in [0.05, 0.1) is 5.69 Å². The SMILES string of the molecule is Cc1cn(C(C)C)nc1NCc1c(C)nn(C)c1F.Cl. The summed E-state index contributed by atoms with van der Waals surface area (Å²) < 4.78 is 16.9. The molecule has 2 heterocycles. The van der Waals surface area contributed by atoms with Crippen LogP contribution >= 0.6 is 12.4 Å². The number of aromatic nitrogens is 4. The van der Waals surface area contributed by atoms with E-state index in [1.54, 1.807) is 14.0 Å². The van der Waals surface area contributed by atoms with E-state index in [1.165, 1.54) is 4.68 Å². The first-order valence-electron chi connectivity index (χ1n) is 6.37. The zero-order valence-electron chi connectivity index (χ0n) is 12.4. The van der Waals surface area contributed by atoms with E-state index in [4.69, 9.17) is 0 Å². The van der Waals surface area contributed by atoms with Crippen molar-refractivity contribution in [1.82, 2.24) is 19.6 Å². The van der Waals surface area contributed by atoms with Gasteiger partial charge in [0.2, 0.25) is 5.95 Å². The third-order valence-electron chi connectivity index (χ3n) is 3.15. The molecular formula is C13H21ClFN5. The van der Waals surface area contributed by atoms with Gasteiger partial charge in [-0.15, -0.1) is 12.4 Å². The smallest absolute Gasteiger partial charge is 0.216 e. The predicted octanol–water partition coefficient (Wildman–Crippen LogP) is 2.99. The largest absolute Gasteiger partial charge is 0.364 e. The molecule has 0 aromatic carbocycles. The lowest BCUT2D eigenvalue weighted by Gasteiger charge is -2.05. The Kier molecular flexibility index (Phi) is 5.16. The van der Waals surface area contributed by atoms with E-state index in [9.17, 15) is 4.39 Å². The number of nitrogens with zero attached hydrogens (tertiary/aromatic N) is 4. The highest BCUT2D eigenvalue weighted by atomic mass is 35.5. The van der Waals surface area contributed by atoms with Gasteiger partial charge < -0.3 is 5.32 Å². The van der Waals surface area contributed by atoms with Crippen molar-refractivity contribution in [3.63, 3.8) is 0 Å². The molecule has 1 N–H and O–H groups in total. The molecule has 112 valence electrons. The van der Waals surface area contributed by atoms with Gasteiger partial charge in [0, 0.05) is 37.0 Å². The first kappa shape index (κ1) is 16.5. The average Bonchev–Trinajstić information content (AvgIpc) is 2.80. The Balaban J connectivity index is 0.00000200. The van der Waals surface area contributed by atoms with Crippen LogP contribution in [0.2, 0.25) is 0 Å². The number of halogens is 2.